The molecule has 3 aliphatic heterocycles. The number of imide groups is 1. The molecule has 2 N–H and O–H groups in total. The topological polar surface area (TPSA) is 81.8 Å². The number of piperidine rings is 1. The smallest absolute Gasteiger partial charge is 0.290 e. The van der Waals surface area contributed by atoms with Crippen LogP contribution in [0.4, 0.5) is 10.5 Å². The van der Waals surface area contributed by atoms with Gasteiger partial charge >= 0.3 is 0 Å². The second-order valence-electron chi connectivity index (χ2n) is 7.25. The van der Waals surface area contributed by atoms with E-state index >= 15 is 0 Å². The molecule has 3 aliphatic rings. The second-order valence-corrected chi connectivity index (χ2v) is 8.26. The summed E-state index contributed by atoms with van der Waals surface area (Å²) in [7, 11) is 0. The molecule has 0 bridgehead atoms. The fourth-order valence-electron chi connectivity index (χ4n) is 3.95. The van der Waals surface area contributed by atoms with E-state index in [0.717, 1.165) is 62.0 Å². The summed E-state index contributed by atoms with van der Waals surface area (Å²) in [6.07, 6.45) is 3.62. The van der Waals surface area contributed by atoms with E-state index in [2.05, 4.69) is 15.5 Å². The maximum Gasteiger partial charge on any atom is 0.290 e. The predicted molar refractivity (Wildman–Crippen MR) is 110 cm³/mol. The molecule has 1 aromatic rings. The summed E-state index contributed by atoms with van der Waals surface area (Å²) in [5.74, 6) is 0.0940. The van der Waals surface area contributed by atoms with Crippen LogP contribution in [-0.4, -0.2) is 61.2 Å². The lowest BCUT2D eigenvalue weighted by Gasteiger charge is -2.38. The Morgan fingerprint density at radius 3 is 2.46 bits per heavy atom. The lowest BCUT2D eigenvalue weighted by molar-refractivity contribution is -0.136. The number of piperazine rings is 1. The number of rotatable bonds is 3. The largest absolute Gasteiger partial charge is 0.367 e. The Morgan fingerprint density at radius 1 is 1.07 bits per heavy atom. The molecule has 0 aliphatic carbocycles. The number of nitrogens with zero attached hydrogens (tertiary/aromatic N) is 2. The molecule has 3 saturated heterocycles. The summed E-state index contributed by atoms with van der Waals surface area (Å²) < 4.78 is 0. The van der Waals surface area contributed by atoms with Crippen molar-refractivity contribution in [1.29, 1.82) is 0 Å². The van der Waals surface area contributed by atoms with Gasteiger partial charge in [0.05, 0.1) is 4.91 Å². The first kappa shape index (κ1) is 19.0. The van der Waals surface area contributed by atoms with Crippen molar-refractivity contribution in [2.24, 2.45) is 5.92 Å². The highest BCUT2D eigenvalue weighted by atomic mass is 32.2. The van der Waals surface area contributed by atoms with Gasteiger partial charge in [0.15, 0.2) is 0 Å². The SMILES string of the molecule is O=C1NC(=O)C(=Cc2ccccc2N2CCN(C(=O)C3CCNCC3)CC2)S1. The summed E-state index contributed by atoms with van der Waals surface area (Å²) in [5.41, 5.74) is 1.93. The fourth-order valence-corrected chi connectivity index (χ4v) is 4.63. The van der Waals surface area contributed by atoms with E-state index in [1.807, 2.05) is 29.2 Å². The third-order valence-electron chi connectivity index (χ3n) is 5.49. The average molecular weight is 401 g/mol. The lowest BCUT2D eigenvalue weighted by Crippen LogP contribution is -2.51. The Kier molecular flexibility index (Phi) is 5.68. The van der Waals surface area contributed by atoms with E-state index in [0.29, 0.717) is 18.0 Å². The summed E-state index contributed by atoms with van der Waals surface area (Å²) in [6.45, 7) is 4.78. The highest BCUT2D eigenvalue weighted by molar-refractivity contribution is 8.18. The van der Waals surface area contributed by atoms with Crippen LogP contribution >= 0.6 is 11.8 Å². The number of nitrogens with one attached hydrogen (secondary N) is 2. The van der Waals surface area contributed by atoms with Gasteiger partial charge in [0.25, 0.3) is 11.1 Å². The van der Waals surface area contributed by atoms with Crippen molar-refractivity contribution in [2.75, 3.05) is 44.2 Å². The normalized spacial score (nSPS) is 22.6. The van der Waals surface area contributed by atoms with Gasteiger partial charge in [-0.05, 0) is 55.4 Å². The van der Waals surface area contributed by atoms with Crippen LogP contribution in [0.2, 0.25) is 0 Å². The zero-order valence-electron chi connectivity index (χ0n) is 15.6. The van der Waals surface area contributed by atoms with Gasteiger partial charge in [-0.1, -0.05) is 18.2 Å². The number of para-hydroxylation sites is 1. The molecule has 0 saturated carbocycles. The van der Waals surface area contributed by atoms with Crippen molar-refractivity contribution in [1.82, 2.24) is 15.5 Å². The van der Waals surface area contributed by atoms with Crippen molar-refractivity contribution < 1.29 is 14.4 Å². The number of hydrogen-bond donors (Lipinski definition) is 2. The van der Waals surface area contributed by atoms with Crippen molar-refractivity contribution >= 4 is 40.6 Å². The van der Waals surface area contributed by atoms with E-state index in [-0.39, 0.29) is 23.0 Å². The van der Waals surface area contributed by atoms with E-state index in [1.54, 1.807) is 6.08 Å². The molecule has 0 radical (unpaired) electrons. The highest BCUT2D eigenvalue weighted by Crippen LogP contribution is 2.30. The third kappa shape index (κ3) is 4.07. The maximum absolute atomic E-state index is 12.8. The van der Waals surface area contributed by atoms with Crippen LogP contribution in [-0.2, 0) is 9.59 Å². The molecule has 7 nitrogen and oxygen atoms in total. The molecule has 148 valence electrons. The van der Waals surface area contributed by atoms with Gasteiger partial charge < -0.3 is 15.1 Å². The molecule has 0 atom stereocenters. The van der Waals surface area contributed by atoms with Gasteiger partial charge in [-0.3, -0.25) is 19.7 Å². The van der Waals surface area contributed by atoms with Crippen molar-refractivity contribution in [2.45, 2.75) is 12.8 Å². The zero-order chi connectivity index (χ0) is 19.5. The summed E-state index contributed by atoms with van der Waals surface area (Å²) in [6, 6.07) is 7.87. The van der Waals surface area contributed by atoms with Crippen LogP contribution in [0.5, 0.6) is 0 Å². The number of benzene rings is 1. The number of amides is 3. The molecule has 0 spiro atoms. The zero-order valence-corrected chi connectivity index (χ0v) is 16.5. The minimum Gasteiger partial charge on any atom is -0.367 e. The number of hydrogen-bond acceptors (Lipinski definition) is 6. The molecular weight excluding hydrogens is 376 g/mol. The lowest BCUT2D eigenvalue weighted by atomic mass is 9.96. The van der Waals surface area contributed by atoms with Gasteiger partial charge in [0.1, 0.15) is 0 Å². The van der Waals surface area contributed by atoms with Crippen LogP contribution in [0.3, 0.4) is 0 Å². The summed E-state index contributed by atoms with van der Waals surface area (Å²) >= 11 is 0.929. The first-order valence-corrected chi connectivity index (χ1v) is 10.5. The van der Waals surface area contributed by atoms with Gasteiger partial charge in [-0.25, -0.2) is 0 Å². The number of anilines is 1. The molecule has 3 fully saturated rings. The Balaban J connectivity index is 1.44. The van der Waals surface area contributed by atoms with Gasteiger partial charge in [0, 0.05) is 37.8 Å². The molecule has 3 amide bonds. The Hall–Kier alpha value is -2.32. The molecular formula is C20H24N4O3S. The molecule has 1 aromatic carbocycles. The van der Waals surface area contributed by atoms with Crippen molar-refractivity contribution in [3.05, 3.63) is 34.7 Å². The van der Waals surface area contributed by atoms with Crippen LogP contribution in [0, 0.1) is 5.92 Å². The van der Waals surface area contributed by atoms with Gasteiger partial charge in [-0.15, -0.1) is 0 Å². The fraction of sp³-hybridized carbons (Fsp3) is 0.450. The molecule has 0 aromatic heterocycles. The summed E-state index contributed by atoms with van der Waals surface area (Å²) in [5, 5.41) is 5.26. The molecule has 8 heteroatoms. The minimum atomic E-state index is -0.345. The Labute approximate surface area is 168 Å². The monoisotopic (exact) mass is 400 g/mol. The van der Waals surface area contributed by atoms with E-state index in [1.165, 1.54) is 0 Å². The number of carbonyl (C=O) groups is 3. The second kappa shape index (κ2) is 8.36. The van der Waals surface area contributed by atoms with Crippen molar-refractivity contribution in [3.8, 4) is 0 Å². The minimum absolute atomic E-state index is 0.153. The Bertz CT molecular complexity index is 811. The summed E-state index contributed by atoms with van der Waals surface area (Å²) in [4.78, 5) is 40.7. The van der Waals surface area contributed by atoms with Crippen LogP contribution < -0.4 is 15.5 Å². The Morgan fingerprint density at radius 2 is 1.79 bits per heavy atom. The standard InChI is InChI=1S/C20H24N4O3S/c25-18-17(28-20(27)22-18)13-15-3-1-2-4-16(15)23-9-11-24(12-10-23)19(26)14-5-7-21-8-6-14/h1-4,13-14,21H,5-12H2,(H,22,25,27). The van der Waals surface area contributed by atoms with E-state index in [9.17, 15) is 14.4 Å². The average Bonchev–Trinajstić information content (AvgIpc) is 3.05. The predicted octanol–water partition coefficient (Wildman–Crippen LogP) is 1.66. The number of thioether (sulfide) groups is 1. The van der Waals surface area contributed by atoms with E-state index in [4.69, 9.17) is 0 Å². The molecule has 0 unspecified atom stereocenters. The molecule has 28 heavy (non-hydrogen) atoms. The van der Waals surface area contributed by atoms with Crippen LogP contribution in [0.15, 0.2) is 29.2 Å². The molecule has 3 heterocycles. The number of carbonyl (C=O) groups excluding carboxylic acids is 3. The van der Waals surface area contributed by atoms with Crippen molar-refractivity contribution in [3.63, 3.8) is 0 Å². The highest BCUT2D eigenvalue weighted by Gasteiger charge is 2.29. The van der Waals surface area contributed by atoms with Crippen LogP contribution in [0.25, 0.3) is 6.08 Å². The molecule has 4 rings (SSSR count). The van der Waals surface area contributed by atoms with Crippen LogP contribution in [0.1, 0.15) is 18.4 Å². The van der Waals surface area contributed by atoms with E-state index < -0.39 is 0 Å². The maximum atomic E-state index is 12.8. The first-order chi connectivity index (χ1) is 13.6. The van der Waals surface area contributed by atoms with Gasteiger partial charge in [-0.2, -0.15) is 0 Å². The third-order valence-corrected chi connectivity index (χ3v) is 6.30. The van der Waals surface area contributed by atoms with Gasteiger partial charge in [0.2, 0.25) is 5.91 Å². The first-order valence-electron chi connectivity index (χ1n) is 9.70. The quantitative estimate of drug-likeness (QED) is 0.751.